The van der Waals surface area contributed by atoms with Crippen molar-refractivity contribution in [1.82, 2.24) is 4.57 Å². The van der Waals surface area contributed by atoms with Crippen LogP contribution in [0.5, 0.6) is 0 Å². The quantitative estimate of drug-likeness (QED) is 0.148. The van der Waals surface area contributed by atoms with Gasteiger partial charge in [-0.25, -0.2) is 0 Å². The molecule has 0 saturated heterocycles. The van der Waals surface area contributed by atoms with E-state index in [-0.39, 0.29) is 0 Å². The van der Waals surface area contributed by atoms with Gasteiger partial charge in [0.05, 0.1) is 11.0 Å². The molecule has 0 radical (unpaired) electrons. The lowest BCUT2D eigenvalue weighted by atomic mass is 9.93. The van der Waals surface area contributed by atoms with Crippen LogP contribution in [0.25, 0.3) is 93.5 Å². The molecule has 0 aliphatic carbocycles. The molecule has 0 unspecified atom stereocenters. The third-order valence-corrected chi connectivity index (χ3v) is 12.8. The largest absolute Gasteiger partial charge is 0.311 e. The molecule has 64 heavy (non-hydrogen) atoms. The Morgan fingerprint density at radius 2 is 0.719 bits per heavy atom. The summed E-state index contributed by atoms with van der Waals surface area (Å²) in [5, 5.41) is 7.57. The van der Waals surface area contributed by atoms with E-state index >= 15 is 0 Å². The highest BCUT2D eigenvalue weighted by Gasteiger charge is 2.18. The van der Waals surface area contributed by atoms with Gasteiger partial charge in [0, 0.05) is 33.5 Å². The highest BCUT2D eigenvalue weighted by Crippen LogP contribution is 2.42. The Kier molecular flexibility index (Phi) is 9.20. The molecule has 0 fully saturated rings. The number of hydrogen-bond donors (Lipinski definition) is 0. The molecule has 0 saturated carbocycles. The fraction of sp³-hybridized carbons (Fsp3) is 0. The summed E-state index contributed by atoms with van der Waals surface area (Å²) in [4.78, 5) is 2.34. The average molecular weight is 815 g/mol. The van der Waals surface area contributed by atoms with Crippen molar-refractivity contribution < 1.29 is 0 Å². The second-order valence-corrected chi connectivity index (χ2v) is 16.5. The molecular weight excluding hydrogens is 773 g/mol. The second kappa shape index (κ2) is 15.8. The lowest BCUT2D eigenvalue weighted by Crippen LogP contribution is -2.09. The van der Waals surface area contributed by atoms with E-state index in [9.17, 15) is 0 Å². The first-order valence-corrected chi connectivity index (χ1v) is 22.0. The molecule has 0 amide bonds. The van der Waals surface area contributed by atoms with E-state index in [0.717, 1.165) is 22.7 Å². The summed E-state index contributed by atoms with van der Waals surface area (Å²) in [6.07, 6.45) is 0. The van der Waals surface area contributed by atoms with Crippen molar-refractivity contribution in [1.29, 1.82) is 0 Å². The zero-order valence-electron chi connectivity index (χ0n) is 35.1. The van der Waals surface area contributed by atoms with Crippen LogP contribution in [0.2, 0.25) is 0 Å². The van der Waals surface area contributed by atoms with Crippen molar-refractivity contribution in [2.45, 2.75) is 0 Å². The van der Waals surface area contributed by atoms with Gasteiger partial charge < -0.3 is 9.47 Å². The fourth-order valence-corrected chi connectivity index (χ4v) is 9.63. The second-order valence-electron chi connectivity index (χ2n) is 16.5. The van der Waals surface area contributed by atoms with Gasteiger partial charge in [0.2, 0.25) is 0 Å². The summed E-state index contributed by atoms with van der Waals surface area (Å²) in [6, 6.07) is 92.5. The minimum Gasteiger partial charge on any atom is -0.311 e. The molecule has 12 rings (SSSR count). The van der Waals surface area contributed by atoms with Crippen LogP contribution in [0.15, 0.2) is 255 Å². The van der Waals surface area contributed by atoms with Crippen LogP contribution in [-0.4, -0.2) is 4.57 Å². The lowest BCUT2D eigenvalue weighted by Gasteiger charge is -2.26. The van der Waals surface area contributed by atoms with Crippen molar-refractivity contribution in [3.05, 3.63) is 255 Å². The molecule has 11 aromatic carbocycles. The zero-order chi connectivity index (χ0) is 42.4. The molecule has 2 heteroatoms. The van der Waals surface area contributed by atoms with Crippen molar-refractivity contribution in [2.24, 2.45) is 0 Å². The molecule has 0 bridgehead atoms. The summed E-state index contributed by atoms with van der Waals surface area (Å²) in [5.74, 6) is 0. The third-order valence-electron chi connectivity index (χ3n) is 12.8. The summed E-state index contributed by atoms with van der Waals surface area (Å²) < 4.78 is 2.43. The van der Waals surface area contributed by atoms with Crippen molar-refractivity contribution in [3.63, 3.8) is 0 Å². The smallest absolute Gasteiger partial charge is 0.0547 e. The monoisotopic (exact) mass is 814 g/mol. The number of aromatic nitrogens is 1. The third kappa shape index (κ3) is 6.61. The molecule has 0 atom stereocenters. The predicted octanol–water partition coefficient (Wildman–Crippen LogP) is 17.2. The van der Waals surface area contributed by atoms with Crippen LogP contribution in [0.3, 0.4) is 0 Å². The topological polar surface area (TPSA) is 8.17 Å². The highest BCUT2D eigenvalue weighted by atomic mass is 15.1. The van der Waals surface area contributed by atoms with Gasteiger partial charge in [-0.2, -0.15) is 0 Å². The molecule has 2 nitrogen and oxygen atoms in total. The lowest BCUT2D eigenvalue weighted by molar-refractivity contribution is 1.18. The Hall–Kier alpha value is -8.46. The fourth-order valence-electron chi connectivity index (χ4n) is 9.63. The molecule has 0 aliphatic heterocycles. The van der Waals surface area contributed by atoms with Crippen molar-refractivity contribution in [3.8, 4) is 50.2 Å². The number of anilines is 3. The minimum absolute atomic E-state index is 1.10. The first-order chi connectivity index (χ1) is 31.7. The molecule has 12 aromatic rings. The van der Waals surface area contributed by atoms with Crippen molar-refractivity contribution >= 4 is 60.4 Å². The van der Waals surface area contributed by atoms with E-state index in [4.69, 9.17) is 0 Å². The average Bonchev–Trinajstić information content (AvgIpc) is 3.72. The highest BCUT2D eigenvalue weighted by molar-refractivity contribution is 6.25. The molecular formula is C62H42N2. The SMILES string of the molecule is c1ccc(-c2ccc(N(c3ccc(-c4ccccc4)cc3)c3ccc(-c4ccc(-n5c6ccccc6c6c7c(-c8ccc9ccccc9c8)cccc7ccc65)cc4)cc3)cc2)cc1. The van der Waals surface area contributed by atoms with Crippen LogP contribution >= 0.6 is 0 Å². The molecule has 0 aliphatic rings. The molecule has 0 spiro atoms. The number of fused-ring (bicyclic) bond motifs is 6. The van der Waals surface area contributed by atoms with Crippen LogP contribution in [0.4, 0.5) is 17.1 Å². The van der Waals surface area contributed by atoms with E-state index in [1.165, 1.54) is 87.9 Å². The van der Waals surface area contributed by atoms with Gasteiger partial charge in [-0.3, -0.25) is 0 Å². The van der Waals surface area contributed by atoms with Crippen LogP contribution < -0.4 is 4.90 Å². The number of para-hydroxylation sites is 1. The Morgan fingerprint density at radius 1 is 0.266 bits per heavy atom. The Balaban J connectivity index is 0.904. The Morgan fingerprint density at radius 3 is 1.31 bits per heavy atom. The van der Waals surface area contributed by atoms with E-state index in [0.29, 0.717) is 0 Å². The van der Waals surface area contributed by atoms with Gasteiger partial charge >= 0.3 is 0 Å². The van der Waals surface area contributed by atoms with Crippen LogP contribution in [0.1, 0.15) is 0 Å². The van der Waals surface area contributed by atoms with Gasteiger partial charge in [-0.15, -0.1) is 0 Å². The number of rotatable bonds is 8. The molecule has 0 N–H and O–H groups in total. The van der Waals surface area contributed by atoms with Crippen LogP contribution in [0, 0.1) is 0 Å². The Labute approximate surface area is 373 Å². The first kappa shape index (κ1) is 37.3. The maximum Gasteiger partial charge on any atom is 0.0547 e. The maximum atomic E-state index is 2.43. The number of nitrogens with zero attached hydrogens (tertiary/aromatic N) is 2. The summed E-state index contributed by atoms with van der Waals surface area (Å²) in [5.41, 5.74) is 16.5. The molecule has 1 heterocycles. The van der Waals surface area contributed by atoms with E-state index in [1.54, 1.807) is 0 Å². The van der Waals surface area contributed by atoms with Gasteiger partial charge in [-0.05, 0) is 133 Å². The van der Waals surface area contributed by atoms with E-state index in [2.05, 4.69) is 264 Å². The van der Waals surface area contributed by atoms with Crippen LogP contribution in [-0.2, 0) is 0 Å². The first-order valence-electron chi connectivity index (χ1n) is 22.0. The Bertz CT molecular complexity index is 3520. The standard InChI is InChI=1S/C62H42N2/c1-3-12-43(13-4-1)46-24-33-53(34-25-46)63(54-35-26-47(27-36-54)44-14-5-2-6-15-44)55-37-28-48(29-38-55)49-30-39-56(40-31-49)64-59-21-10-9-19-58(59)62-60(64)41-32-50-18-11-20-57(61(50)62)52-23-22-45-16-7-8-17-51(45)42-52/h1-42H. The van der Waals surface area contributed by atoms with Gasteiger partial charge in [0.1, 0.15) is 0 Å². The number of hydrogen-bond acceptors (Lipinski definition) is 1. The summed E-state index contributed by atoms with van der Waals surface area (Å²) in [7, 11) is 0. The summed E-state index contributed by atoms with van der Waals surface area (Å²) >= 11 is 0. The minimum atomic E-state index is 1.10. The summed E-state index contributed by atoms with van der Waals surface area (Å²) in [6.45, 7) is 0. The maximum absolute atomic E-state index is 2.43. The normalized spacial score (nSPS) is 11.4. The van der Waals surface area contributed by atoms with Crippen molar-refractivity contribution in [2.75, 3.05) is 4.90 Å². The van der Waals surface area contributed by atoms with E-state index < -0.39 is 0 Å². The molecule has 1 aromatic heterocycles. The van der Waals surface area contributed by atoms with Gasteiger partial charge in [0.25, 0.3) is 0 Å². The van der Waals surface area contributed by atoms with E-state index in [1.807, 2.05) is 0 Å². The van der Waals surface area contributed by atoms with Gasteiger partial charge in [-0.1, -0.05) is 188 Å². The van der Waals surface area contributed by atoms with Gasteiger partial charge in [0.15, 0.2) is 0 Å². The number of benzene rings is 11. The molecule has 300 valence electrons. The predicted molar refractivity (Wildman–Crippen MR) is 272 cm³/mol. The zero-order valence-corrected chi connectivity index (χ0v) is 35.1.